The minimum Gasteiger partial charge on any atom is -0.485 e. The molecule has 0 radical (unpaired) electrons. The van der Waals surface area contributed by atoms with E-state index in [1.165, 1.54) is 13.3 Å². The SMILES string of the molecule is COc1cc(-c2ccc(C3CCc4ccc([C@H](C5CC5)[C@H](C)C(=O)O)cc4O3)cc2CN2CCN(C)CC2)c(F)cn1. The molecule has 222 valence electrons. The van der Waals surface area contributed by atoms with Crippen molar-refractivity contribution in [3.63, 3.8) is 0 Å². The molecule has 6 rings (SSSR count). The summed E-state index contributed by atoms with van der Waals surface area (Å²) in [5, 5.41) is 9.76. The second-order valence-corrected chi connectivity index (χ2v) is 12.2. The molecule has 2 aliphatic heterocycles. The van der Waals surface area contributed by atoms with Crippen molar-refractivity contribution < 1.29 is 23.8 Å². The molecule has 3 heterocycles. The molecule has 7 nitrogen and oxygen atoms in total. The van der Waals surface area contributed by atoms with Gasteiger partial charge in [0.15, 0.2) is 0 Å². The van der Waals surface area contributed by atoms with Crippen molar-refractivity contribution in [2.45, 2.75) is 51.2 Å². The van der Waals surface area contributed by atoms with Gasteiger partial charge in [0.05, 0.1) is 19.2 Å². The van der Waals surface area contributed by atoms with Crippen LogP contribution in [-0.4, -0.2) is 66.2 Å². The molecule has 0 bridgehead atoms. The second kappa shape index (κ2) is 12.0. The number of likely N-dealkylation sites (N-methyl/N-ethyl adjacent to an activating group) is 1. The summed E-state index contributed by atoms with van der Waals surface area (Å²) in [6, 6.07) is 14.2. The lowest BCUT2D eigenvalue weighted by Crippen LogP contribution is -2.43. The molecule has 3 aromatic rings. The molecule has 0 spiro atoms. The van der Waals surface area contributed by atoms with Gasteiger partial charge >= 0.3 is 5.97 Å². The Balaban J connectivity index is 1.31. The van der Waals surface area contributed by atoms with Crippen molar-refractivity contribution in [3.05, 3.63) is 76.7 Å². The molecule has 3 aliphatic rings. The van der Waals surface area contributed by atoms with Crippen molar-refractivity contribution >= 4 is 5.97 Å². The largest absolute Gasteiger partial charge is 0.485 e. The summed E-state index contributed by atoms with van der Waals surface area (Å²) in [6.45, 7) is 6.44. The highest BCUT2D eigenvalue weighted by Crippen LogP contribution is 2.48. The zero-order valence-corrected chi connectivity index (χ0v) is 24.7. The van der Waals surface area contributed by atoms with Gasteiger partial charge < -0.3 is 19.5 Å². The molecule has 1 unspecified atom stereocenters. The van der Waals surface area contributed by atoms with E-state index in [0.717, 1.165) is 85.4 Å². The maximum absolute atomic E-state index is 15.1. The van der Waals surface area contributed by atoms with Crippen LogP contribution in [0.3, 0.4) is 0 Å². The number of pyridine rings is 1. The molecule has 1 saturated heterocycles. The fourth-order valence-electron chi connectivity index (χ4n) is 6.60. The van der Waals surface area contributed by atoms with Gasteiger partial charge in [-0.2, -0.15) is 0 Å². The molecule has 1 aromatic heterocycles. The topological polar surface area (TPSA) is 75.1 Å². The molecule has 1 aliphatic carbocycles. The number of fused-ring (bicyclic) bond motifs is 1. The van der Waals surface area contributed by atoms with Crippen LogP contribution >= 0.6 is 0 Å². The smallest absolute Gasteiger partial charge is 0.306 e. The number of ether oxygens (including phenoxy) is 2. The third kappa shape index (κ3) is 6.01. The van der Waals surface area contributed by atoms with Gasteiger partial charge in [-0.1, -0.05) is 37.3 Å². The molecule has 2 fully saturated rings. The molecule has 42 heavy (non-hydrogen) atoms. The third-order valence-electron chi connectivity index (χ3n) is 9.30. The van der Waals surface area contributed by atoms with Crippen LogP contribution in [0, 0.1) is 17.7 Å². The summed E-state index contributed by atoms with van der Waals surface area (Å²) in [6.07, 6.45) is 4.97. The number of piperazine rings is 1. The maximum Gasteiger partial charge on any atom is 0.306 e. The van der Waals surface area contributed by atoms with E-state index < -0.39 is 11.9 Å². The number of nitrogens with zero attached hydrogens (tertiary/aromatic N) is 3. The minimum atomic E-state index is -0.750. The van der Waals surface area contributed by atoms with Crippen molar-refractivity contribution in [2.24, 2.45) is 11.8 Å². The quantitative estimate of drug-likeness (QED) is 0.340. The third-order valence-corrected chi connectivity index (χ3v) is 9.30. The van der Waals surface area contributed by atoms with Gasteiger partial charge in [0.2, 0.25) is 5.88 Å². The molecule has 3 atom stereocenters. The summed E-state index contributed by atoms with van der Waals surface area (Å²) in [5.41, 5.74) is 5.65. The highest BCUT2D eigenvalue weighted by molar-refractivity contribution is 5.71. The Morgan fingerprint density at radius 1 is 1.10 bits per heavy atom. The van der Waals surface area contributed by atoms with Crippen LogP contribution in [0.4, 0.5) is 4.39 Å². The first-order valence-corrected chi connectivity index (χ1v) is 15.1. The number of aromatic nitrogens is 1. The van der Waals surface area contributed by atoms with Crippen molar-refractivity contribution in [1.82, 2.24) is 14.8 Å². The van der Waals surface area contributed by atoms with E-state index in [-0.39, 0.29) is 17.8 Å². The van der Waals surface area contributed by atoms with E-state index in [1.54, 1.807) is 6.07 Å². The minimum absolute atomic E-state index is 0.00139. The first kappa shape index (κ1) is 28.6. The molecule has 2 aromatic carbocycles. The van der Waals surface area contributed by atoms with Crippen LogP contribution in [0.15, 0.2) is 48.7 Å². The maximum atomic E-state index is 15.1. The predicted molar refractivity (Wildman–Crippen MR) is 159 cm³/mol. The molecular weight excluding hydrogens is 533 g/mol. The summed E-state index contributed by atoms with van der Waals surface area (Å²) in [7, 11) is 3.68. The Labute approximate surface area is 247 Å². The second-order valence-electron chi connectivity index (χ2n) is 12.2. The summed E-state index contributed by atoms with van der Waals surface area (Å²) in [5.74, 6) is 0.0853. The summed E-state index contributed by atoms with van der Waals surface area (Å²) >= 11 is 0. The van der Waals surface area contributed by atoms with Gasteiger partial charge in [-0.25, -0.2) is 9.37 Å². The lowest BCUT2D eigenvalue weighted by molar-refractivity contribution is -0.142. The van der Waals surface area contributed by atoms with Crippen LogP contribution in [0.2, 0.25) is 0 Å². The van der Waals surface area contributed by atoms with E-state index in [0.29, 0.717) is 23.9 Å². The number of carbonyl (C=O) groups is 1. The average molecular weight is 574 g/mol. The van der Waals surface area contributed by atoms with E-state index in [4.69, 9.17) is 9.47 Å². The van der Waals surface area contributed by atoms with Gasteiger partial charge in [-0.3, -0.25) is 9.69 Å². The Bertz CT molecular complexity index is 1450. The monoisotopic (exact) mass is 573 g/mol. The number of aliphatic carboxylic acids is 1. The van der Waals surface area contributed by atoms with Crippen LogP contribution in [0.25, 0.3) is 11.1 Å². The molecule has 0 amide bonds. The number of rotatable bonds is 9. The van der Waals surface area contributed by atoms with E-state index in [1.807, 2.05) is 19.1 Å². The van der Waals surface area contributed by atoms with Gasteiger partial charge in [0.1, 0.15) is 17.7 Å². The first-order valence-electron chi connectivity index (χ1n) is 15.1. The predicted octanol–water partition coefficient (Wildman–Crippen LogP) is 5.92. The van der Waals surface area contributed by atoms with Crippen LogP contribution in [0.5, 0.6) is 11.6 Å². The number of methoxy groups -OCH3 is 1. The zero-order chi connectivity index (χ0) is 29.4. The lowest BCUT2D eigenvalue weighted by Gasteiger charge is -2.33. The van der Waals surface area contributed by atoms with E-state index in [9.17, 15) is 9.90 Å². The number of aryl methyl sites for hydroxylation is 1. The number of hydrogen-bond donors (Lipinski definition) is 1. The number of halogens is 1. The van der Waals surface area contributed by atoms with Crippen molar-refractivity contribution in [2.75, 3.05) is 40.3 Å². The van der Waals surface area contributed by atoms with Gasteiger partial charge in [-0.05, 0) is 78.5 Å². The number of carboxylic acids is 1. The zero-order valence-electron chi connectivity index (χ0n) is 24.7. The fourth-order valence-corrected chi connectivity index (χ4v) is 6.60. The van der Waals surface area contributed by atoms with E-state index >= 15 is 4.39 Å². The lowest BCUT2D eigenvalue weighted by atomic mass is 9.82. The number of carboxylic acid groups (broad SMARTS) is 1. The van der Waals surface area contributed by atoms with E-state index in [2.05, 4.69) is 46.1 Å². The standard InChI is InChI=1S/C34H40FN3O4/c1-21(34(39)40)33(23-5-6-23)25-7-4-22-9-11-30(42-31(22)17-25)24-8-10-27(28-18-32(41-3)36-19-29(28)35)26(16-24)20-38-14-12-37(2)13-15-38/h4,7-8,10,16-19,21,23,30,33H,5-6,9,11-15,20H2,1-3H3,(H,39,40)/t21-,30?,33-/m0/s1. The van der Waals surface area contributed by atoms with Crippen molar-refractivity contribution in [1.29, 1.82) is 0 Å². The van der Waals surface area contributed by atoms with Crippen molar-refractivity contribution in [3.8, 4) is 22.8 Å². The first-order chi connectivity index (χ1) is 20.3. The Morgan fingerprint density at radius 3 is 2.60 bits per heavy atom. The van der Waals surface area contributed by atoms with Crippen LogP contribution < -0.4 is 9.47 Å². The van der Waals surface area contributed by atoms with Gasteiger partial charge in [0.25, 0.3) is 0 Å². The van der Waals surface area contributed by atoms with Crippen LogP contribution in [-0.2, 0) is 17.8 Å². The fraction of sp³-hybridized carbons (Fsp3) is 0.471. The summed E-state index contributed by atoms with van der Waals surface area (Å²) < 4.78 is 27.0. The Kier molecular flexibility index (Phi) is 8.19. The normalized spacial score (nSPS) is 20.8. The Hall–Kier alpha value is -3.49. The van der Waals surface area contributed by atoms with Gasteiger partial charge in [0, 0.05) is 44.4 Å². The molecule has 1 N–H and O–H groups in total. The molecular formula is C34H40FN3O4. The highest BCUT2D eigenvalue weighted by Gasteiger charge is 2.39. The average Bonchev–Trinajstić information content (AvgIpc) is 3.83. The van der Waals surface area contributed by atoms with Gasteiger partial charge in [-0.15, -0.1) is 0 Å². The molecule has 1 saturated carbocycles. The number of benzene rings is 2. The Morgan fingerprint density at radius 2 is 1.88 bits per heavy atom. The van der Waals surface area contributed by atoms with Crippen LogP contribution in [0.1, 0.15) is 60.5 Å². The highest BCUT2D eigenvalue weighted by atomic mass is 19.1. The summed E-state index contributed by atoms with van der Waals surface area (Å²) in [4.78, 5) is 20.7. The molecule has 8 heteroatoms. The number of hydrogen-bond acceptors (Lipinski definition) is 6.